The molecule has 0 spiro atoms. The van der Waals surface area contributed by atoms with Crippen LogP contribution in [-0.2, 0) is 38.6 Å². The summed E-state index contributed by atoms with van der Waals surface area (Å²) in [5, 5.41) is 0. The van der Waals surface area contributed by atoms with Crippen molar-refractivity contribution in [3.63, 3.8) is 0 Å². The van der Waals surface area contributed by atoms with Gasteiger partial charge in [0.2, 0.25) is 11.8 Å². The summed E-state index contributed by atoms with van der Waals surface area (Å²) in [5.74, 6) is -2.31. The van der Waals surface area contributed by atoms with Crippen LogP contribution in [0.1, 0.15) is 23.2 Å². The van der Waals surface area contributed by atoms with E-state index in [-0.39, 0.29) is 65.8 Å². The lowest BCUT2D eigenvalue weighted by molar-refractivity contribution is -0.142. The van der Waals surface area contributed by atoms with Gasteiger partial charge in [0, 0.05) is 12.8 Å². The van der Waals surface area contributed by atoms with E-state index in [1.165, 1.54) is 23.9 Å². The number of amides is 2. The fourth-order valence-electron chi connectivity index (χ4n) is 2.45. The van der Waals surface area contributed by atoms with E-state index in [0.29, 0.717) is 0 Å². The molecular formula is C18H21NO9S2. The summed E-state index contributed by atoms with van der Waals surface area (Å²) >= 11 is 1.35. The Bertz CT molecular complexity index is 881. The summed E-state index contributed by atoms with van der Waals surface area (Å²) < 4.78 is 40.2. The topological polar surface area (TPSA) is 133 Å². The van der Waals surface area contributed by atoms with Crippen LogP contribution in [0.4, 0.5) is 0 Å². The van der Waals surface area contributed by atoms with Crippen LogP contribution >= 0.6 is 11.8 Å². The molecule has 1 aliphatic heterocycles. The number of imide groups is 1. The van der Waals surface area contributed by atoms with Crippen LogP contribution in [0.2, 0.25) is 0 Å². The maximum Gasteiger partial charge on any atom is 0.338 e. The second kappa shape index (κ2) is 11.1. The zero-order valence-corrected chi connectivity index (χ0v) is 17.8. The van der Waals surface area contributed by atoms with Gasteiger partial charge in [0.15, 0.2) is 0 Å². The van der Waals surface area contributed by atoms with Crippen molar-refractivity contribution in [1.82, 2.24) is 4.31 Å². The molecule has 0 radical (unpaired) electrons. The zero-order chi connectivity index (χ0) is 22.1. The average molecular weight is 459 g/mol. The predicted molar refractivity (Wildman–Crippen MR) is 105 cm³/mol. The smallest absolute Gasteiger partial charge is 0.338 e. The Hall–Kier alpha value is -2.44. The Morgan fingerprint density at radius 1 is 0.967 bits per heavy atom. The standard InChI is InChI=1S/C18H21NO9S2/c1-29-12-17(22)27-10-8-26-9-11-28-18(23)13-2-4-14(5-3-13)30(24,25)19-15(20)6-7-16(19)21/h2-5H,6-12H2,1H3. The molecule has 10 nitrogen and oxygen atoms in total. The van der Waals surface area contributed by atoms with Crippen LogP contribution in [0, 0.1) is 0 Å². The van der Waals surface area contributed by atoms with Gasteiger partial charge < -0.3 is 14.2 Å². The van der Waals surface area contributed by atoms with E-state index in [1.807, 2.05) is 0 Å². The van der Waals surface area contributed by atoms with Crippen molar-refractivity contribution < 1.29 is 41.8 Å². The number of nitrogens with zero attached hydrogens (tertiary/aromatic N) is 1. The van der Waals surface area contributed by atoms with Crippen molar-refractivity contribution in [3.05, 3.63) is 29.8 Å². The second-order valence-corrected chi connectivity index (χ2v) is 8.64. The quantitative estimate of drug-likeness (QED) is 0.263. The van der Waals surface area contributed by atoms with Crippen LogP contribution in [0.25, 0.3) is 0 Å². The van der Waals surface area contributed by atoms with Gasteiger partial charge in [-0.1, -0.05) is 0 Å². The molecule has 30 heavy (non-hydrogen) atoms. The lowest BCUT2D eigenvalue weighted by Crippen LogP contribution is -2.35. The number of ether oxygens (including phenoxy) is 3. The minimum absolute atomic E-state index is 0.0472. The third-order valence-electron chi connectivity index (χ3n) is 3.85. The molecule has 0 N–H and O–H groups in total. The molecule has 1 aromatic rings. The highest BCUT2D eigenvalue weighted by Gasteiger charge is 2.39. The highest BCUT2D eigenvalue weighted by molar-refractivity contribution is 7.99. The molecule has 0 aliphatic carbocycles. The molecule has 1 heterocycles. The summed E-state index contributed by atoms with van der Waals surface area (Å²) in [6.45, 7) is 0.315. The Kier molecular flexibility index (Phi) is 8.81. The molecular weight excluding hydrogens is 438 g/mol. The molecule has 12 heteroatoms. The number of benzene rings is 1. The molecule has 0 saturated carbocycles. The molecule has 1 saturated heterocycles. The van der Waals surface area contributed by atoms with Gasteiger partial charge in [-0.25, -0.2) is 13.2 Å². The molecule has 2 amide bonds. The van der Waals surface area contributed by atoms with Crippen molar-refractivity contribution in [3.8, 4) is 0 Å². The van der Waals surface area contributed by atoms with Crippen molar-refractivity contribution in [2.45, 2.75) is 17.7 Å². The Morgan fingerprint density at radius 2 is 1.53 bits per heavy atom. The number of hydrogen-bond donors (Lipinski definition) is 0. The van der Waals surface area contributed by atoms with E-state index < -0.39 is 27.8 Å². The first-order valence-corrected chi connectivity index (χ1v) is 11.7. The van der Waals surface area contributed by atoms with Gasteiger partial charge in [-0.05, 0) is 30.5 Å². The molecule has 1 aliphatic rings. The van der Waals surface area contributed by atoms with Crippen LogP contribution < -0.4 is 0 Å². The summed E-state index contributed by atoms with van der Waals surface area (Å²) in [6, 6.07) is 4.72. The summed E-state index contributed by atoms with van der Waals surface area (Å²) in [5.41, 5.74) is 0.0963. The minimum Gasteiger partial charge on any atom is -0.463 e. The van der Waals surface area contributed by atoms with Gasteiger partial charge in [-0.15, -0.1) is 0 Å². The number of rotatable bonds is 11. The first-order chi connectivity index (χ1) is 14.3. The van der Waals surface area contributed by atoms with Crippen molar-refractivity contribution in [2.75, 3.05) is 38.4 Å². The highest BCUT2D eigenvalue weighted by atomic mass is 32.2. The maximum absolute atomic E-state index is 12.4. The van der Waals surface area contributed by atoms with Gasteiger partial charge in [0.05, 0.1) is 29.4 Å². The molecule has 0 bridgehead atoms. The number of carbonyl (C=O) groups excluding carboxylic acids is 4. The predicted octanol–water partition coefficient (Wildman–Crippen LogP) is 0.604. The SMILES string of the molecule is CSCC(=O)OCCOCCOC(=O)c1ccc(S(=O)(=O)N2C(=O)CCC2=O)cc1. The summed E-state index contributed by atoms with van der Waals surface area (Å²) in [4.78, 5) is 46.2. The molecule has 2 rings (SSSR count). The van der Waals surface area contributed by atoms with E-state index in [2.05, 4.69) is 0 Å². The lowest BCUT2D eigenvalue weighted by Gasteiger charge is -2.14. The Morgan fingerprint density at radius 3 is 2.10 bits per heavy atom. The van der Waals surface area contributed by atoms with Gasteiger partial charge in [0.25, 0.3) is 10.0 Å². The fourth-order valence-corrected chi connectivity index (χ4v) is 4.17. The van der Waals surface area contributed by atoms with E-state index in [4.69, 9.17) is 14.2 Å². The van der Waals surface area contributed by atoms with Crippen LogP contribution in [-0.4, -0.2) is 74.9 Å². The van der Waals surface area contributed by atoms with Crippen LogP contribution in [0.5, 0.6) is 0 Å². The van der Waals surface area contributed by atoms with Gasteiger partial charge >= 0.3 is 11.9 Å². The fraction of sp³-hybridized carbons (Fsp3) is 0.444. The lowest BCUT2D eigenvalue weighted by atomic mass is 10.2. The largest absolute Gasteiger partial charge is 0.463 e. The molecule has 164 valence electrons. The zero-order valence-electron chi connectivity index (χ0n) is 16.2. The Balaban J connectivity index is 1.78. The molecule has 0 unspecified atom stereocenters. The van der Waals surface area contributed by atoms with Crippen molar-refractivity contribution in [2.24, 2.45) is 0 Å². The second-order valence-electron chi connectivity index (χ2n) is 5.98. The first-order valence-electron chi connectivity index (χ1n) is 8.88. The van der Waals surface area contributed by atoms with E-state index >= 15 is 0 Å². The third kappa shape index (κ3) is 6.28. The molecule has 1 fully saturated rings. The third-order valence-corrected chi connectivity index (χ3v) is 6.13. The average Bonchev–Trinajstić information content (AvgIpc) is 3.06. The Labute approximate surface area is 177 Å². The van der Waals surface area contributed by atoms with Gasteiger partial charge in [-0.3, -0.25) is 14.4 Å². The number of sulfonamides is 1. The summed E-state index contributed by atoms with van der Waals surface area (Å²) in [7, 11) is -4.29. The number of hydrogen-bond acceptors (Lipinski definition) is 10. The molecule has 1 aromatic carbocycles. The molecule has 0 aromatic heterocycles. The highest BCUT2D eigenvalue weighted by Crippen LogP contribution is 2.23. The first kappa shape index (κ1) is 23.8. The number of thioether (sulfide) groups is 1. The summed E-state index contributed by atoms with van der Waals surface area (Å²) in [6.07, 6.45) is 1.49. The maximum atomic E-state index is 12.4. The van der Waals surface area contributed by atoms with E-state index in [1.54, 1.807) is 6.26 Å². The molecule has 0 atom stereocenters. The normalized spacial score (nSPS) is 14.1. The van der Waals surface area contributed by atoms with Crippen LogP contribution in [0.15, 0.2) is 29.2 Å². The van der Waals surface area contributed by atoms with Crippen molar-refractivity contribution >= 4 is 45.5 Å². The van der Waals surface area contributed by atoms with Crippen LogP contribution in [0.3, 0.4) is 0 Å². The van der Waals surface area contributed by atoms with Gasteiger partial charge in [0.1, 0.15) is 13.2 Å². The van der Waals surface area contributed by atoms with Gasteiger partial charge in [-0.2, -0.15) is 16.1 Å². The number of esters is 2. The minimum atomic E-state index is -4.29. The van der Waals surface area contributed by atoms with Crippen molar-refractivity contribution in [1.29, 1.82) is 0 Å². The number of carbonyl (C=O) groups is 4. The monoisotopic (exact) mass is 459 g/mol. The van der Waals surface area contributed by atoms with E-state index in [0.717, 1.165) is 12.1 Å². The van der Waals surface area contributed by atoms with E-state index in [9.17, 15) is 27.6 Å².